The van der Waals surface area contributed by atoms with E-state index in [2.05, 4.69) is 10.2 Å². The van der Waals surface area contributed by atoms with E-state index >= 15 is 0 Å². The molecule has 0 N–H and O–H groups in total. The van der Waals surface area contributed by atoms with E-state index in [1.54, 1.807) is 0 Å². The van der Waals surface area contributed by atoms with Gasteiger partial charge in [0, 0.05) is 0 Å². The third kappa shape index (κ3) is 3.47. The van der Waals surface area contributed by atoms with Crippen LogP contribution in [0.5, 0.6) is 0 Å². The Bertz CT molecular complexity index is 440. The summed E-state index contributed by atoms with van der Waals surface area (Å²) in [6.07, 6.45) is -0.349. The number of carbonyl (C=O) groups is 1. The second-order valence-electron chi connectivity index (χ2n) is 2.53. The topological polar surface area (TPSA) is 79.0 Å². The number of hydrogen-bond acceptors (Lipinski definition) is 6. The van der Waals surface area contributed by atoms with Crippen LogP contribution >= 0.6 is 11.3 Å². The van der Waals surface area contributed by atoms with Crippen LogP contribution in [0.3, 0.4) is 0 Å². The third-order valence-electron chi connectivity index (χ3n) is 1.49. The molecule has 5 nitrogen and oxygen atoms in total. The number of carboxylic acids is 1. The first kappa shape index (κ1) is 13.0. The number of aromatic nitrogens is 2. The van der Waals surface area contributed by atoms with Crippen molar-refractivity contribution in [2.45, 2.75) is 6.42 Å². The Balaban J connectivity index is 0.00000112. The van der Waals surface area contributed by atoms with Crippen molar-refractivity contribution in [1.82, 2.24) is 10.2 Å². The molecule has 0 aliphatic heterocycles. The molecule has 7 heteroatoms. The van der Waals surface area contributed by atoms with Crippen molar-refractivity contribution < 1.29 is 65.7 Å². The average Bonchev–Trinajstić information content (AvgIpc) is 2.69. The first-order valence-corrected chi connectivity index (χ1v) is 4.70. The van der Waals surface area contributed by atoms with Gasteiger partial charge < -0.3 is 14.3 Å². The van der Waals surface area contributed by atoms with Gasteiger partial charge in [-0.05, 0) is 11.4 Å². The molecule has 2 aromatic rings. The maximum Gasteiger partial charge on any atom is 1.00 e. The zero-order valence-electron chi connectivity index (χ0n) is 7.97. The minimum atomic E-state index is -1.23. The van der Waals surface area contributed by atoms with Crippen molar-refractivity contribution in [3.8, 4) is 10.8 Å². The second-order valence-corrected chi connectivity index (χ2v) is 3.47. The quantitative estimate of drug-likeness (QED) is 0.544. The Morgan fingerprint density at radius 2 is 2.33 bits per heavy atom. The molecule has 0 amide bonds. The van der Waals surface area contributed by atoms with Gasteiger partial charge >= 0.3 is 51.4 Å². The third-order valence-corrected chi connectivity index (χ3v) is 2.35. The number of nitrogens with zero attached hydrogens (tertiary/aromatic N) is 2. The van der Waals surface area contributed by atoms with E-state index in [0.29, 0.717) is 5.89 Å². The number of rotatable bonds is 3. The van der Waals surface area contributed by atoms with Gasteiger partial charge in [-0.25, -0.2) is 0 Å². The summed E-state index contributed by atoms with van der Waals surface area (Å²) in [7, 11) is 0. The molecule has 0 spiro atoms. The fraction of sp³-hybridized carbons (Fsp3) is 0.125. The van der Waals surface area contributed by atoms with Crippen molar-refractivity contribution in [2.24, 2.45) is 0 Å². The fourth-order valence-electron chi connectivity index (χ4n) is 0.948. The molecule has 0 radical (unpaired) electrons. The Kier molecular flexibility index (Phi) is 5.10. The van der Waals surface area contributed by atoms with E-state index in [-0.39, 0.29) is 63.7 Å². The summed E-state index contributed by atoms with van der Waals surface area (Å²) >= 11 is 1.45. The normalized spacial score (nSPS) is 9.60. The van der Waals surface area contributed by atoms with Gasteiger partial charge in [0.15, 0.2) is 0 Å². The van der Waals surface area contributed by atoms with E-state index in [0.717, 1.165) is 4.88 Å². The maximum atomic E-state index is 10.2. The molecule has 0 atom stereocenters. The Morgan fingerprint density at radius 1 is 1.53 bits per heavy atom. The van der Waals surface area contributed by atoms with Gasteiger partial charge in [-0.15, -0.1) is 21.5 Å². The molecular weight excluding hydrogens is 243 g/mol. The fourth-order valence-corrected chi connectivity index (χ4v) is 1.59. The molecule has 0 aliphatic carbocycles. The van der Waals surface area contributed by atoms with Crippen molar-refractivity contribution in [2.75, 3.05) is 0 Å². The Labute approximate surface area is 132 Å². The summed E-state index contributed by atoms with van der Waals surface area (Å²) in [5.74, 6) is -0.823. The van der Waals surface area contributed by atoms with E-state index in [1.807, 2.05) is 17.5 Å². The number of hydrogen-bond donors (Lipinski definition) is 0. The van der Waals surface area contributed by atoms with Gasteiger partial charge in [0.05, 0.1) is 17.3 Å². The average molecular weight is 248 g/mol. The van der Waals surface area contributed by atoms with Gasteiger partial charge in [0.1, 0.15) is 0 Å². The molecule has 2 rings (SSSR count). The molecule has 72 valence electrons. The molecule has 15 heavy (non-hydrogen) atoms. The van der Waals surface area contributed by atoms with Crippen LogP contribution in [0, 0.1) is 0 Å². The van der Waals surface area contributed by atoms with Crippen LogP contribution in [-0.4, -0.2) is 16.2 Å². The first-order valence-electron chi connectivity index (χ1n) is 3.82. The Morgan fingerprint density at radius 3 is 2.93 bits per heavy atom. The molecule has 0 aliphatic rings. The van der Waals surface area contributed by atoms with E-state index in [4.69, 9.17) is 4.42 Å². The largest absolute Gasteiger partial charge is 1.00 e. The molecule has 2 heterocycles. The molecular formula is C8H5KN2O3S. The minimum Gasteiger partial charge on any atom is -0.550 e. The van der Waals surface area contributed by atoms with Crippen LogP contribution < -0.4 is 56.5 Å². The van der Waals surface area contributed by atoms with Gasteiger partial charge in [-0.1, -0.05) is 6.07 Å². The van der Waals surface area contributed by atoms with Crippen molar-refractivity contribution in [3.63, 3.8) is 0 Å². The van der Waals surface area contributed by atoms with Gasteiger partial charge in [-0.2, -0.15) is 0 Å². The predicted molar refractivity (Wildman–Crippen MR) is 46.3 cm³/mol. The summed E-state index contributed by atoms with van der Waals surface area (Å²) in [6.45, 7) is 0. The van der Waals surface area contributed by atoms with Crippen molar-refractivity contribution >= 4 is 17.3 Å². The SMILES string of the molecule is O=C([O-])Cc1nnc(-c2cccs2)o1.[K+]. The summed E-state index contributed by atoms with van der Waals surface area (Å²) < 4.78 is 5.11. The van der Waals surface area contributed by atoms with Crippen LogP contribution in [0.4, 0.5) is 0 Å². The standard InChI is InChI=1S/C8H6N2O3S.K/c11-7(12)4-6-9-10-8(13-6)5-2-1-3-14-5;/h1-3H,4H2,(H,11,12);/q;+1/p-1. The maximum absolute atomic E-state index is 10.2. The van der Waals surface area contributed by atoms with Crippen LogP contribution in [0.1, 0.15) is 5.89 Å². The Hall–Kier alpha value is -0.0536. The molecule has 0 aromatic carbocycles. The van der Waals surface area contributed by atoms with Crippen LogP contribution in [0.25, 0.3) is 10.8 Å². The van der Waals surface area contributed by atoms with E-state index in [9.17, 15) is 9.90 Å². The molecule has 0 unspecified atom stereocenters. The monoisotopic (exact) mass is 248 g/mol. The number of carboxylic acid groups (broad SMARTS) is 1. The van der Waals surface area contributed by atoms with Gasteiger partial charge in [0.2, 0.25) is 5.89 Å². The zero-order valence-corrected chi connectivity index (χ0v) is 11.9. The van der Waals surface area contributed by atoms with Crippen LogP contribution in [-0.2, 0) is 11.2 Å². The number of carbonyl (C=O) groups excluding carboxylic acids is 1. The predicted octanol–water partition coefficient (Wildman–Crippen LogP) is -2.91. The van der Waals surface area contributed by atoms with E-state index < -0.39 is 5.97 Å². The second kappa shape index (κ2) is 5.88. The summed E-state index contributed by atoms with van der Waals surface area (Å²) in [5.41, 5.74) is 0. The van der Waals surface area contributed by atoms with Crippen LogP contribution in [0.15, 0.2) is 21.9 Å². The van der Waals surface area contributed by atoms with Gasteiger partial charge in [0.25, 0.3) is 5.89 Å². The number of aliphatic carboxylic acids is 1. The van der Waals surface area contributed by atoms with Gasteiger partial charge in [-0.3, -0.25) is 0 Å². The van der Waals surface area contributed by atoms with Crippen LogP contribution in [0.2, 0.25) is 0 Å². The van der Waals surface area contributed by atoms with Crippen molar-refractivity contribution in [3.05, 3.63) is 23.4 Å². The molecule has 0 saturated heterocycles. The molecule has 0 bridgehead atoms. The number of thiophene rings is 1. The molecule has 0 saturated carbocycles. The molecule has 2 aromatic heterocycles. The zero-order chi connectivity index (χ0) is 9.97. The first-order chi connectivity index (χ1) is 6.75. The smallest absolute Gasteiger partial charge is 0.550 e. The summed E-state index contributed by atoms with van der Waals surface area (Å²) in [6, 6.07) is 3.67. The van der Waals surface area contributed by atoms with E-state index in [1.165, 1.54) is 11.3 Å². The minimum absolute atomic E-state index is 0. The molecule has 0 fully saturated rings. The van der Waals surface area contributed by atoms with Crippen molar-refractivity contribution in [1.29, 1.82) is 0 Å². The summed E-state index contributed by atoms with van der Waals surface area (Å²) in [4.78, 5) is 11.0. The summed E-state index contributed by atoms with van der Waals surface area (Å²) in [5, 5.41) is 19.4.